The molecule has 2 rings (SSSR count). The van der Waals surface area contributed by atoms with E-state index < -0.39 is 0 Å². The minimum absolute atomic E-state index is 0.0724. The van der Waals surface area contributed by atoms with E-state index in [1.54, 1.807) is 18.6 Å². The zero-order chi connectivity index (χ0) is 11.2. The summed E-state index contributed by atoms with van der Waals surface area (Å²) >= 11 is 0. The molecule has 3 nitrogen and oxygen atoms in total. The van der Waals surface area contributed by atoms with Gasteiger partial charge in [0.2, 0.25) is 0 Å². The first-order valence-corrected chi connectivity index (χ1v) is 5.40. The molecular formula is C13H15N3. The predicted molar refractivity (Wildman–Crippen MR) is 63.7 cm³/mol. The van der Waals surface area contributed by atoms with Crippen LogP contribution >= 0.6 is 0 Å². The van der Waals surface area contributed by atoms with Gasteiger partial charge < -0.3 is 5.73 Å². The van der Waals surface area contributed by atoms with E-state index in [1.165, 1.54) is 5.56 Å². The van der Waals surface area contributed by atoms with Gasteiger partial charge in [0.15, 0.2) is 0 Å². The van der Waals surface area contributed by atoms with Crippen LogP contribution in [0.1, 0.15) is 23.6 Å². The molecule has 0 aliphatic rings. The molecule has 1 unspecified atom stereocenters. The van der Waals surface area contributed by atoms with Gasteiger partial charge in [0.05, 0.1) is 0 Å². The number of aryl methyl sites for hydroxylation is 1. The van der Waals surface area contributed by atoms with Crippen molar-refractivity contribution >= 4 is 0 Å². The molecule has 0 radical (unpaired) electrons. The Morgan fingerprint density at radius 2 is 1.88 bits per heavy atom. The van der Waals surface area contributed by atoms with Crippen LogP contribution in [0.15, 0.2) is 49.1 Å². The summed E-state index contributed by atoms with van der Waals surface area (Å²) in [5.41, 5.74) is 8.46. The van der Waals surface area contributed by atoms with Crippen LogP contribution in [-0.2, 0) is 6.42 Å². The average molecular weight is 213 g/mol. The quantitative estimate of drug-likeness (QED) is 0.846. The second-order valence-corrected chi connectivity index (χ2v) is 3.79. The highest BCUT2D eigenvalue weighted by Gasteiger charge is 2.05. The van der Waals surface area contributed by atoms with Crippen LogP contribution in [-0.4, -0.2) is 9.97 Å². The van der Waals surface area contributed by atoms with Crippen molar-refractivity contribution in [2.75, 3.05) is 0 Å². The van der Waals surface area contributed by atoms with Gasteiger partial charge in [0.25, 0.3) is 0 Å². The normalized spacial score (nSPS) is 12.3. The largest absolute Gasteiger partial charge is 0.324 e. The lowest BCUT2D eigenvalue weighted by Gasteiger charge is -2.11. The smallest absolute Gasteiger partial charge is 0.0299 e. The van der Waals surface area contributed by atoms with E-state index in [-0.39, 0.29) is 6.04 Å². The van der Waals surface area contributed by atoms with Crippen molar-refractivity contribution in [3.05, 3.63) is 60.2 Å². The van der Waals surface area contributed by atoms with Gasteiger partial charge in [-0.15, -0.1) is 0 Å². The Balaban J connectivity index is 1.92. The number of hydrogen-bond donors (Lipinski definition) is 1. The van der Waals surface area contributed by atoms with Crippen LogP contribution in [0.2, 0.25) is 0 Å². The zero-order valence-electron chi connectivity index (χ0n) is 9.08. The van der Waals surface area contributed by atoms with Crippen LogP contribution in [0.5, 0.6) is 0 Å². The molecule has 0 saturated carbocycles. The van der Waals surface area contributed by atoms with Gasteiger partial charge in [-0.3, -0.25) is 9.97 Å². The van der Waals surface area contributed by atoms with E-state index in [0.717, 1.165) is 18.4 Å². The van der Waals surface area contributed by atoms with E-state index in [2.05, 4.69) is 16.0 Å². The van der Waals surface area contributed by atoms with Crippen molar-refractivity contribution in [3.63, 3.8) is 0 Å². The number of nitrogens with zero attached hydrogens (tertiary/aromatic N) is 2. The molecule has 3 heteroatoms. The first-order valence-electron chi connectivity index (χ1n) is 5.40. The minimum atomic E-state index is 0.0724. The van der Waals surface area contributed by atoms with E-state index in [4.69, 9.17) is 5.73 Å². The molecule has 0 amide bonds. The average Bonchev–Trinajstić information content (AvgIpc) is 2.38. The number of aromatic nitrogens is 2. The summed E-state index contributed by atoms with van der Waals surface area (Å²) in [5, 5.41) is 0. The van der Waals surface area contributed by atoms with Crippen molar-refractivity contribution in [3.8, 4) is 0 Å². The summed E-state index contributed by atoms with van der Waals surface area (Å²) in [5.74, 6) is 0. The maximum atomic E-state index is 6.09. The van der Waals surface area contributed by atoms with Crippen molar-refractivity contribution in [2.45, 2.75) is 18.9 Å². The van der Waals surface area contributed by atoms with Gasteiger partial charge >= 0.3 is 0 Å². The summed E-state index contributed by atoms with van der Waals surface area (Å²) in [6.45, 7) is 0. The third-order valence-corrected chi connectivity index (χ3v) is 2.60. The topological polar surface area (TPSA) is 51.8 Å². The third kappa shape index (κ3) is 2.87. The third-order valence-electron chi connectivity index (χ3n) is 2.60. The molecule has 0 spiro atoms. The van der Waals surface area contributed by atoms with Crippen LogP contribution in [0.3, 0.4) is 0 Å². The van der Waals surface area contributed by atoms with Crippen LogP contribution < -0.4 is 5.73 Å². The molecular weight excluding hydrogens is 198 g/mol. The Kier molecular flexibility index (Phi) is 3.62. The first kappa shape index (κ1) is 10.8. The van der Waals surface area contributed by atoms with E-state index in [0.29, 0.717) is 0 Å². The second kappa shape index (κ2) is 5.37. The number of hydrogen-bond acceptors (Lipinski definition) is 3. The standard InChI is InChI=1S/C13H15N3/c14-13(12-5-8-15-9-6-12)4-3-11-2-1-7-16-10-11/h1-2,5-10,13H,3-4,14H2. The molecule has 0 saturated heterocycles. The van der Waals surface area contributed by atoms with Crippen LogP contribution in [0.4, 0.5) is 0 Å². The molecule has 2 aromatic heterocycles. The van der Waals surface area contributed by atoms with Gasteiger partial charge in [-0.1, -0.05) is 6.07 Å². The maximum absolute atomic E-state index is 6.09. The van der Waals surface area contributed by atoms with Gasteiger partial charge in [-0.05, 0) is 42.2 Å². The minimum Gasteiger partial charge on any atom is -0.324 e. The van der Waals surface area contributed by atoms with E-state index in [1.807, 2.05) is 24.4 Å². The lowest BCUT2D eigenvalue weighted by atomic mass is 10.0. The van der Waals surface area contributed by atoms with E-state index in [9.17, 15) is 0 Å². The highest BCUT2D eigenvalue weighted by Crippen LogP contribution is 2.15. The first-order chi connectivity index (χ1) is 7.86. The summed E-state index contributed by atoms with van der Waals surface area (Å²) in [4.78, 5) is 8.07. The lowest BCUT2D eigenvalue weighted by molar-refractivity contribution is 0.649. The maximum Gasteiger partial charge on any atom is 0.0299 e. The molecule has 0 fully saturated rings. The Bertz CT molecular complexity index is 414. The van der Waals surface area contributed by atoms with Crippen molar-refractivity contribution < 1.29 is 0 Å². The molecule has 0 bridgehead atoms. The van der Waals surface area contributed by atoms with Gasteiger partial charge in [-0.2, -0.15) is 0 Å². The fourth-order valence-corrected chi connectivity index (χ4v) is 1.65. The van der Waals surface area contributed by atoms with E-state index >= 15 is 0 Å². The molecule has 16 heavy (non-hydrogen) atoms. The highest BCUT2D eigenvalue weighted by atomic mass is 14.7. The van der Waals surface area contributed by atoms with Crippen molar-refractivity contribution in [2.24, 2.45) is 5.73 Å². The molecule has 1 atom stereocenters. The zero-order valence-corrected chi connectivity index (χ0v) is 9.08. The molecule has 0 aromatic carbocycles. The SMILES string of the molecule is NC(CCc1cccnc1)c1ccncc1. The molecule has 0 aliphatic carbocycles. The molecule has 82 valence electrons. The van der Waals surface area contributed by atoms with Crippen LogP contribution in [0, 0.1) is 0 Å². The summed E-state index contributed by atoms with van der Waals surface area (Å²) in [6.07, 6.45) is 9.11. The molecule has 2 N–H and O–H groups in total. The Labute approximate surface area is 95.4 Å². The summed E-state index contributed by atoms with van der Waals surface area (Å²) < 4.78 is 0. The number of nitrogens with two attached hydrogens (primary N) is 1. The fraction of sp³-hybridized carbons (Fsp3) is 0.231. The van der Waals surface area contributed by atoms with Gasteiger partial charge in [0.1, 0.15) is 0 Å². The second-order valence-electron chi connectivity index (χ2n) is 3.79. The van der Waals surface area contributed by atoms with Gasteiger partial charge in [-0.25, -0.2) is 0 Å². The monoisotopic (exact) mass is 213 g/mol. The molecule has 2 heterocycles. The summed E-state index contributed by atoms with van der Waals surface area (Å²) in [6, 6.07) is 8.03. The Morgan fingerprint density at radius 3 is 2.56 bits per heavy atom. The van der Waals surface area contributed by atoms with Crippen LogP contribution in [0.25, 0.3) is 0 Å². The van der Waals surface area contributed by atoms with Crippen molar-refractivity contribution in [1.29, 1.82) is 0 Å². The van der Waals surface area contributed by atoms with Crippen molar-refractivity contribution in [1.82, 2.24) is 9.97 Å². The number of pyridine rings is 2. The van der Waals surface area contributed by atoms with Gasteiger partial charge in [0, 0.05) is 30.8 Å². The predicted octanol–water partition coefficient (Wildman–Crippen LogP) is 2.11. The molecule has 0 aliphatic heterocycles. The molecule has 2 aromatic rings. The highest BCUT2D eigenvalue weighted by molar-refractivity contribution is 5.15. The number of rotatable bonds is 4. The fourth-order valence-electron chi connectivity index (χ4n) is 1.65. The Morgan fingerprint density at radius 1 is 1.06 bits per heavy atom. The lowest BCUT2D eigenvalue weighted by Crippen LogP contribution is -2.11. The Hall–Kier alpha value is -1.74. The summed E-state index contributed by atoms with van der Waals surface area (Å²) in [7, 11) is 0.